The average Bonchev–Trinajstić information content (AvgIpc) is 2.84. The minimum atomic E-state index is -0.841. The van der Waals surface area contributed by atoms with E-state index in [1.807, 2.05) is 11.4 Å². The van der Waals surface area contributed by atoms with Crippen LogP contribution < -0.4 is 10.6 Å². The van der Waals surface area contributed by atoms with E-state index >= 15 is 0 Å². The van der Waals surface area contributed by atoms with Crippen LogP contribution in [0.1, 0.15) is 24.6 Å². The van der Waals surface area contributed by atoms with Crippen molar-refractivity contribution in [3.8, 4) is 0 Å². The molecule has 0 radical (unpaired) electrons. The first kappa shape index (κ1) is 15.5. The van der Waals surface area contributed by atoms with Crippen molar-refractivity contribution in [2.45, 2.75) is 26.2 Å². The van der Waals surface area contributed by atoms with Crippen LogP contribution in [0.15, 0.2) is 17.5 Å². The minimum absolute atomic E-state index is 0.0784. The van der Waals surface area contributed by atoms with Gasteiger partial charge in [0.25, 0.3) is 0 Å². The van der Waals surface area contributed by atoms with Gasteiger partial charge in [0.1, 0.15) is 0 Å². The van der Waals surface area contributed by atoms with Crippen molar-refractivity contribution in [1.29, 1.82) is 0 Å². The molecule has 1 rings (SSSR count). The summed E-state index contributed by atoms with van der Waals surface area (Å²) in [4.78, 5) is 23.0. The predicted octanol–water partition coefficient (Wildman–Crippen LogP) is 2.09. The van der Waals surface area contributed by atoms with Crippen molar-refractivity contribution < 1.29 is 14.7 Å². The highest BCUT2D eigenvalue weighted by Crippen LogP contribution is 2.13. The molecule has 0 aliphatic rings. The summed E-state index contributed by atoms with van der Waals surface area (Å²) < 4.78 is 0. The number of urea groups is 1. The lowest BCUT2D eigenvalue weighted by Gasteiger charge is -2.12. The minimum Gasteiger partial charge on any atom is -0.481 e. The summed E-state index contributed by atoms with van der Waals surface area (Å²) in [6, 6.07) is 3.88. The van der Waals surface area contributed by atoms with Crippen molar-refractivity contribution >= 4 is 23.3 Å². The van der Waals surface area contributed by atoms with E-state index in [9.17, 15) is 9.59 Å². The van der Waals surface area contributed by atoms with Gasteiger partial charge >= 0.3 is 12.0 Å². The fraction of sp³-hybridized carbons (Fsp3) is 0.538. The van der Waals surface area contributed by atoms with Gasteiger partial charge in [0.15, 0.2) is 0 Å². The Bertz CT molecular complexity index is 393. The van der Waals surface area contributed by atoms with Gasteiger partial charge in [0.2, 0.25) is 0 Å². The van der Waals surface area contributed by atoms with Crippen molar-refractivity contribution in [1.82, 2.24) is 10.6 Å². The number of nitrogens with one attached hydrogen (secondary N) is 2. The Hall–Kier alpha value is -1.56. The zero-order chi connectivity index (χ0) is 14.1. The number of rotatable bonds is 8. The molecule has 2 amide bonds. The number of hydrogen-bond donors (Lipinski definition) is 3. The molecule has 3 N–H and O–H groups in total. The maximum absolute atomic E-state index is 11.4. The largest absolute Gasteiger partial charge is 0.481 e. The predicted molar refractivity (Wildman–Crippen MR) is 75.5 cm³/mol. The fourth-order valence-electron chi connectivity index (χ4n) is 1.62. The van der Waals surface area contributed by atoms with Gasteiger partial charge in [-0.1, -0.05) is 13.0 Å². The SMILES string of the molecule is CC(CNC(=O)NCCCC(=O)O)Cc1cccs1. The molecule has 1 aromatic rings. The van der Waals surface area contributed by atoms with Gasteiger partial charge in [0.05, 0.1) is 0 Å². The summed E-state index contributed by atoms with van der Waals surface area (Å²) in [7, 11) is 0. The van der Waals surface area contributed by atoms with E-state index in [-0.39, 0.29) is 12.5 Å². The van der Waals surface area contributed by atoms with Crippen molar-refractivity contribution in [3.05, 3.63) is 22.4 Å². The van der Waals surface area contributed by atoms with E-state index in [0.717, 1.165) is 6.42 Å². The molecule has 0 aliphatic carbocycles. The van der Waals surface area contributed by atoms with Gasteiger partial charge in [-0.25, -0.2) is 4.79 Å². The van der Waals surface area contributed by atoms with Gasteiger partial charge in [0, 0.05) is 24.4 Å². The van der Waals surface area contributed by atoms with E-state index in [1.54, 1.807) is 11.3 Å². The molecular weight excluding hydrogens is 264 g/mol. The highest BCUT2D eigenvalue weighted by Gasteiger charge is 2.07. The smallest absolute Gasteiger partial charge is 0.314 e. The van der Waals surface area contributed by atoms with Gasteiger partial charge in [-0.15, -0.1) is 11.3 Å². The molecule has 6 heteroatoms. The van der Waals surface area contributed by atoms with Crippen LogP contribution in [0.2, 0.25) is 0 Å². The number of aliphatic carboxylic acids is 1. The molecule has 0 saturated carbocycles. The normalized spacial score (nSPS) is 11.8. The van der Waals surface area contributed by atoms with E-state index in [2.05, 4.69) is 23.6 Å². The Morgan fingerprint density at radius 2 is 2.21 bits per heavy atom. The lowest BCUT2D eigenvalue weighted by Crippen LogP contribution is -2.38. The Kier molecular flexibility index (Phi) is 6.95. The summed E-state index contributed by atoms with van der Waals surface area (Å²) >= 11 is 1.72. The molecule has 0 aromatic carbocycles. The second-order valence-electron chi connectivity index (χ2n) is 4.52. The van der Waals surface area contributed by atoms with Gasteiger partial charge in [-0.3, -0.25) is 4.79 Å². The van der Waals surface area contributed by atoms with Gasteiger partial charge in [-0.2, -0.15) is 0 Å². The number of thiophene rings is 1. The molecule has 19 heavy (non-hydrogen) atoms. The molecule has 0 saturated heterocycles. The number of carbonyl (C=O) groups is 2. The van der Waals surface area contributed by atoms with Crippen molar-refractivity contribution in [3.63, 3.8) is 0 Å². The highest BCUT2D eigenvalue weighted by molar-refractivity contribution is 7.09. The van der Waals surface area contributed by atoms with Crippen molar-refractivity contribution in [2.75, 3.05) is 13.1 Å². The van der Waals surface area contributed by atoms with Crippen molar-refractivity contribution in [2.24, 2.45) is 5.92 Å². The molecular formula is C13H20N2O3S. The molecule has 0 aliphatic heterocycles. The molecule has 106 valence electrons. The van der Waals surface area contributed by atoms with Crippen LogP contribution in [0, 0.1) is 5.92 Å². The Morgan fingerprint density at radius 3 is 2.84 bits per heavy atom. The topological polar surface area (TPSA) is 78.4 Å². The van der Waals surface area contributed by atoms with Crippen LogP contribution in [0.5, 0.6) is 0 Å². The first-order valence-corrected chi connectivity index (χ1v) is 7.21. The lowest BCUT2D eigenvalue weighted by atomic mass is 10.1. The molecule has 0 spiro atoms. The zero-order valence-electron chi connectivity index (χ0n) is 11.0. The number of carbonyl (C=O) groups excluding carboxylic acids is 1. The summed E-state index contributed by atoms with van der Waals surface area (Å²) in [5, 5.41) is 15.9. The highest BCUT2D eigenvalue weighted by atomic mass is 32.1. The van der Waals surface area contributed by atoms with E-state index in [4.69, 9.17) is 5.11 Å². The van der Waals surface area contributed by atoms with Crippen LogP contribution >= 0.6 is 11.3 Å². The average molecular weight is 284 g/mol. The quantitative estimate of drug-likeness (QED) is 0.640. The number of hydrogen-bond acceptors (Lipinski definition) is 3. The first-order valence-electron chi connectivity index (χ1n) is 6.34. The molecule has 0 bridgehead atoms. The standard InChI is InChI=1S/C13H20N2O3S/c1-10(8-11-4-3-7-19-11)9-15-13(18)14-6-2-5-12(16)17/h3-4,7,10H,2,5-6,8-9H2,1H3,(H,16,17)(H2,14,15,18). The summed E-state index contributed by atoms with van der Waals surface area (Å²) in [6.45, 7) is 3.09. The third-order valence-corrected chi connectivity index (χ3v) is 3.49. The summed E-state index contributed by atoms with van der Waals surface area (Å²) in [5.74, 6) is -0.463. The number of carboxylic acids is 1. The third-order valence-electron chi connectivity index (χ3n) is 2.59. The Labute approximate surface area is 117 Å². The second-order valence-corrected chi connectivity index (χ2v) is 5.55. The molecule has 1 aromatic heterocycles. The maximum atomic E-state index is 11.4. The third kappa shape index (κ3) is 7.46. The molecule has 0 fully saturated rings. The second kappa shape index (κ2) is 8.53. The Balaban J connectivity index is 2.07. The fourth-order valence-corrected chi connectivity index (χ4v) is 2.49. The van der Waals surface area contributed by atoms with E-state index in [0.29, 0.717) is 25.4 Å². The van der Waals surface area contributed by atoms with Crippen LogP contribution in [0.3, 0.4) is 0 Å². The molecule has 1 atom stereocenters. The monoisotopic (exact) mass is 284 g/mol. The van der Waals surface area contributed by atoms with E-state index in [1.165, 1.54) is 4.88 Å². The number of carboxylic acid groups (broad SMARTS) is 1. The first-order chi connectivity index (χ1) is 9.08. The zero-order valence-corrected chi connectivity index (χ0v) is 11.8. The van der Waals surface area contributed by atoms with Gasteiger partial charge < -0.3 is 15.7 Å². The summed E-state index contributed by atoms with van der Waals surface area (Å²) in [5.41, 5.74) is 0. The maximum Gasteiger partial charge on any atom is 0.314 e. The van der Waals surface area contributed by atoms with Crippen LogP contribution in [0.4, 0.5) is 4.79 Å². The molecule has 5 nitrogen and oxygen atoms in total. The molecule has 1 heterocycles. The van der Waals surface area contributed by atoms with Crippen LogP contribution in [-0.4, -0.2) is 30.2 Å². The number of amides is 2. The van der Waals surface area contributed by atoms with Crippen LogP contribution in [0.25, 0.3) is 0 Å². The van der Waals surface area contributed by atoms with Gasteiger partial charge in [-0.05, 0) is 30.2 Å². The Morgan fingerprint density at radius 1 is 1.42 bits per heavy atom. The molecule has 1 unspecified atom stereocenters. The van der Waals surface area contributed by atoms with Crippen LogP contribution in [-0.2, 0) is 11.2 Å². The summed E-state index contributed by atoms with van der Waals surface area (Å²) in [6.07, 6.45) is 1.49. The lowest BCUT2D eigenvalue weighted by molar-refractivity contribution is -0.137. The van der Waals surface area contributed by atoms with E-state index < -0.39 is 5.97 Å².